The van der Waals surface area contributed by atoms with Crippen molar-refractivity contribution in [2.75, 3.05) is 6.61 Å². The van der Waals surface area contributed by atoms with E-state index in [-0.39, 0.29) is 5.97 Å². The summed E-state index contributed by atoms with van der Waals surface area (Å²) in [7, 11) is 0. The smallest absolute Gasteiger partial charge is 0.341 e. The highest BCUT2D eigenvalue weighted by Gasteiger charge is 2.18. The van der Waals surface area contributed by atoms with Crippen LogP contribution >= 0.6 is 0 Å². The summed E-state index contributed by atoms with van der Waals surface area (Å²) in [5, 5.41) is 0. The van der Waals surface area contributed by atoms with Crippen molar-refractivity contribution in [3.8, 4) is 0 Å². The zero-order chi connectivity index (χ0) is 12.1. The van der Waals surface area contributed by atoms with Crippen molar-refractivity contribution in [1.82, 2.24) is 9.97 Å². The van der Waals surface area contributed by atoms with Gasteiger partial charge < -0.3 is 4.74 Å². The van der Waals surface area contributed by atoms with Crippen LogP contribution in [0.15, 0.2) is 12.4 Å². The van der Waals surface area contributed by atoms with E-state index in [4.69, 9.17) is 4.74 Å². The molecular weight excluding hydrogens is 216 g/mol. The predicted octanol–water partition coefficient (Wildman–Crippen LogP) is 2.70. The van der Waals surface area contributed by atoms with E-state index in [1.165, 1.54) is 32.1 Å². The number of nitrogens with zero attached hydrogens (tertiary/aromatic N) is 2. The summed E-state index contributed by atoms with van der Waals surface area (Å²) < 4.78 is 4.89. The third kappa shape index (κ3) is 3.02. The van der Waals surface area contributed by atoms with Crippen molar-refractivity contribution in [1.29, 1.82) is 0 Å². The molecule has 1 heterocycles. The molecule has 1 aliphatic carbocycles. The maximum Gasteiger partial charge on any atom is 0.341 e. The molecule has 17 heavy (non-hydrogen) atoms. The molecule has 1 fully saturated rings. The van der Waals surface area contributed by atoms with Crippen LogP contribution in [0.2, 0.25) is 0 Å². The fourth-order valence-corrected chi connectivity index (χ4v) is 2.23. The number of esters is 1. The lowest BCUT2D eigenvalue weighted by atomic mass is 9.89. The fraction of sp³-hybridized carbons (Fsp3) is 0.615. The van der Waals surface area contributed by atoms with Crippen LogP contribution in [0.25, 0.3) is 0 Å². The lowest BCUT2D eigenvalue weighted by molar-refractivity contribution is 0.0525. The average Bonchev–Trinajstić information content (AvgIpc) is 2.40. The minimum absolute atomic E-state index is 0.345. The summed E-state index contributed by atoms with van der Waals surface area (Å²) in [6.45, 7) is 2.17. The Labute approximate surface area is 101 Å². The Morgan fingerprint density at radius 3 is 2.53 bits per heavy atom. The van der Waals surface area contributed by atoms with E-state index >= 15 is 0 Å². The molecule has 2 rings (SSSR count). The summed E-state index contributed by atoms with van der Waals surface area (Å²) in [6, 6.07) is 0. The van der Waals surface area contributed by atoms with Gasteiger partial charge in [0.25, 0.3) is 0 Å². The van der Waals surface area contributed by atoms with Gasteiger partial charge in [-0.1, -0.05) is 19.3 Å². The number of hydrogen-bond donors (Lipinski definition) is 0. The molecule has 1 saturated carbocycles. The lowest BCUT2D eigenvalue weighted by Crippen LogP contribution is -2.11. The van der Waals surface area contributed by atoms with Gasteiger partial charge in [0.15, 0.2) is 0 Å². The van der Waals surface area contributed by atoms with E-state index in [2.05, 4.69) is 9.97 Å². The quantitative estimate of drug-likeness (QED) is 0.754. The molecule has 0 atom stereocenters. The second-order valence-electron chi connectivity index (χ2n) is 4.39. The lowest BCUT2D eigenvalue weighted by Gasteiger charge is -2.19. The number of aromatic nitrogens is 2. The first kappa shape index (κ1) is 12.0. The molecule has 0 N–H and O–H groups in total. The normalized spacial score (nSPS) is 16.8. The van der Waals surface area contributed by atoms with Gasteiger partial charge in [0, 0.05) is 18.3 Å². The van der Waals surface area contributed by atoms with E-state index in [0.29, 0.717) is 18.1 Å². The predicted molar refractivity (Wildman–Crippen MR) is 63.8 cm³/mol. The van der Waals surface area contributed by atoms with Crippen molar-refractivity contribution < 1.29 is 9.53 Å². The maximum atomic E-state index is 11.4. The largest absolute Gasteiger partial charge is 0.462 e. The van der Waals surface area contributed by atoms with Crippen molar-refractivity contribution in [2.24, 2.45) is 0 Å². The molecule has 0 amide bonds. The number of carbonyl (C=O) groups is 1. The molecule has 0 saturated heterocycles. The molecule has 1 aromatic rings. The van der Waals surface area contributed by atoms with Gasteiger partial charge in [0.1, 0.15) is 5.82 Å². The summed E-state index contributed by atoms with van der Waals surface area (Å²) >= 11 is 0. The number of carbonyl (C=O) groups excluding carboxylic acids is 1. The fourth-order valence-electron chi connectivity index (χ4n) is 2.23. The SMILES string of the molecule is CCOC(=O)c1cnc(C2CCCCC2)nc1. The Kier molecular flexibility index (Phi) is 4.07. The van der Waals surface area contributed by atoms with Crippen molar-refractivity contribution in [3.05, 3.63) is 23.8 Å². The highest BCUT2D eigenvalue weighted by atomic mass is 16.5. The number of ether oxygens (including phenoxy) is 1. The highest BCUT2D eigenvalue weighted by molar-refractivity contribution is 5.88. The van der Waals surface area contributed by atoms with Crippen LogP contribution in [0.1, 0.15) is 61.1 Å². The van der Waals surface area contributed by atoms with Crippen LogP contribution in [0.5, 0.6) is 0 Å². The van der Waals surface area contributed by atoms with Gasteiger partial charge >= 0.3 is 5.97 Å². The highest BCUT2D eigenvalue weighted by Crippen LogP contribution is 2.30. The number of hydrogen-bond acceptors (Lipinski definition) is 4. The molecule has 0 spiro atoms. The molecule has 1 aliphatic rings. The Bertz CT molecular complexity index is 370. The van der Waals surface area contributed by atoms with Gasteiger partial charge in [-0.25, -0.2) is 14.8 Å². The zero-order valence-electron chi connectivity index (χ0n) is 10.2. The maximum absolute atomic E-state index is 11.4. The zero-order valence-corrected chi connectivity index (χ0v) is 10.2. The van der Waals surface area contributed by atoms with Crippen LogP contribution in [0.3, 0.4) is 0 Å². The van der Waals surface area contributed by atoms with E-state index in [1.807, 2.05) is 0 Å². The van der Waals surface area contributed by atoms with Crippen LogP contribution in [0, 0.1) is 0 Å². The summed E-state index contributed by atoms with van der Waals surface area (Å²) in [5.41, 5.74) is 0.436. The van der Waals surface area contributed by atoms with Crippen LogP contribution in [-0.2, 0) is 4.74 Å². The minimum atomic E-state index is -0.345. The molecule has 0 radical (unpaired) electrons. The van der Waals surface area contributed by atoms with Gasteiger partial charge in [-0.15, -0.1) is 0 Å². The molecule has 4 nitrogen and oxygen atoms in total. The van der Waals surface area contributed by atoms with Crippen molar-refractivity contribution in [3.63, 3.8) is 0 Å². The Balaban J connectivity index is 2.04. The first-order valence-corrected chi connectivity index (χ1v) is 6.30. The van der Waals surface area contributed by atoms with Gasteiger partial charge in [-0.05, 0) is 19.8 Å². The monoisotopic (exact) mass is 234 g/mol. The average molecular weight is 234 g/mol. The van der Waals surface area contributed by atoms with E-state index in [0.717, 1.165) is 5.82 Å². The molecule has 92 valence electrons. The minimum Gasteiger partial charge on any atom is -0.462 e. The van der Waals surface area contributed by atoms with Gasteiger partial charge in [0.2, 0.25) is 0 Å². The topological polar surface area (TPSA) is 52.1 Å². The Morgan fingerprint density at radius 1 is 1.29 bits per heavy atom. The van der Waals surface area contributed by atoms with E-state index < -0.39 is 0 Å². The molecule has 4 heteroatoms. The number of rotatable bonds is 3. The molecule has 0 unspecified atom stereocenters. The van der Waals surface area contributed by atoms with E-state index in [9.17, 15) is 4.79 Å². The van der Waals surface area contributed by atoms with Crippen LogP contribution in [0.4, 0.5) is 0 Å². The molecule has 1 aromatic heterocycles. The molecular formula is C13H18N2O2. The van der Waals surface area contributed by atoms with Crippen molar-refractivity contribution in [2.45, 2.75) is 44.9 Å². The first-order chi connectivity index (χ1) is 8.31. The standard InChI is InChI=1S/C13H18N2O2/c1-2-17-13(16)11-8-14-12(15-9-11)10-6-4-3-5-7-10/h8-10H,2-7H2,1H3. The third-order valence-electron chi connectivity index (χ3n) is 3.15. The summed E-state index contributed by atoms with van der Waals surface area (Å²) in [6.07, 6.45) is 9.32. The third-order valence-corrected chi connectivity index (χ3v) is 3.15. The van der Waals surface area contributed by atoms with E-state index in [1.54, 1.807) is 19.3 Å². The van der Waals surface area contributed by atoms with Gasteiger partial charge in [-0.3, -0.25) is 0 Å². The molecule has 0 aromatic carbocycles. The van der Waals surface area contributed by atoms with Crippen LogP contribution < -0.4 is 0 Å². The second kappa shape index (κ2) is 5.75. The van der Waals surface area contributed by atoms with Gasteiger partial charge in [0.05, 0.1) is 12.2 Å². The van der Waals surface area contributed by atoms with Gasteiger partial charge in [-0.2, -0.15) is 0 Å². The Hall–Kier alpha value is -1.45. The summed E-state index contributed by atoms with van der Waals surface area (Å²) in [5.74, 6) is 1.00. The Morgan fingerprint density at radius 2 is 1.94 bits per heavy atom. The molecule has 0 bridgehead atoms. The first-order valence-electron chi connectivity index (χ1n) is 6.30. The van der Waals surface area contributed by atoms with Crippen molar-refractivity contribution >= 4 is 5.97 Å². The second-order valence-corrected chi connectivity index (χ2v) is 4.39. The summed E-state index contributed by atoms with van der Waals surface area (Å²) in [4.78, 5) is 20.0. The van der Waals surface area contributed by atoms with Crippen LogP contribution in [-0.4, -0.2) is 22.5 Å². The molecule has 0 aliphatic heterocycles.